The van der Waals surface area contributed by atoms with Gasteiger partial charge in [-0.25, -0.2) is 4.98 Å². The summed E-state index contributed by atoms with van der Waals surface area (Å²) in [7, 11) is 0. The molecule has 17 heavy (non-hydrogen) atoms. The fraction of sp³-hybridized carbons (Fsp3) is 0.500. The van der Waals surface area contributed by atoms with Crippen molar-refractivity contribution >= 4 is 11.0 Å². The molecule has 0 atom stereocenters. The second kappa shape index (κ2) is 4.15. The number of imidazole rings is 1. The number of hydrogen-bond donors (Lipinski definition) is 1. The van der Waals surface area contributed by atoms with Crippen LogP contribution in [0, 0.1) is 13.8 Å². The predicted octanol–water partition coefficient (Wildman–Crippen LogP) is 2.58. The van der Waals surface area contributed by atoms with Gasteiger partial charge in [0.15, 0.2) is 0 Å². The minimum Gasteiger partial charge on any atom is -0.325 e. The number of fused-ring (bicyclic) bond motifs is 1. The van der Waals surface area contributed by atoms with Crippen molar-refractivity contribution < 1.29 is 0 Å². The van der Waals surface area contributed by atoms with Gasteiger partial charge in [-0.05, 0) is 51.4 Å². The van der Waals surface area contributed by atoms with E-state index in [1.54, 1.807) is 0 Å². The smallest absolute Gasteiger partial charge is 0.106 e. The lowest BCUT2D eigenvalue weighted by Gasteiger charge is -2.25. The summed E-state index contributed by atoms with van der Waals surface area (Å²) in [4.78, 5) is 4.73. The van der Waals surface area contributed by atoms with Crippen molar-refractivity contribution in [2.24, 2.45) is 0 Å². The first-order valence-corrected chi connectivity index (χ1v) is 6.42. The minimum absolute atomic E-state index is 0.614. The number of nitrogens with one attached hydrogen (secondary N) is 1. The van der Waals surface area contributed by atoms with E-state index in [-0.39, 0.29) is 0 Å². The standard InChI is InChI=1S/C14H19N3/c1-10-4-3-5-13-14(10)16-11(2)17(13)12-6-8-15-9-7-12/h3-5,12,15H,6-9H2,1-2H3. The minimum atomic E-state index is 0.614. The molecule has 0 spiro atoms. The maximum absolute atomic E-state index is 4.73. The number of nitrogens with zero attached hydrogens (tertiary/aromatic N) is 2. The van der Waals surface area contributed by atoms with Gasteiger partial charge in [0.1, 0.15) is 5.82 Å². The number of aromatic nitrogens is 2. The third-order valence-electron chi connectivity index (χ3n) is 3.77. The largest absolute Gasteiger partial charge is 0.325 e. The van der Waals surface area contributed by atoms with Crippen molar-refractivity contribution in [3.05, 3.63) is 29.6 Å². The summed E-state index contributed by atoms with van der Waals surface area (Å²) in [5, 5.41) is 3.42. The van der Waals surface area contributed by atoms with E-state index < -0.39 is 0 Å². The molecule has 0 unspecified atom stereocenters. The molecule has 1 aliphatic rings. The van der Waals surface area contributed by atoms with E-state index in [1.807, 2.05) is 0 Å². The third kappa shape index (κ3) is 1.75. The number of para-hydroxylation sites is 1. The molecule has 2 aromatic rings. The van der Waals surface area contributed by atoms with Crippen molar-refractivity contribution in [1.29, 1.82) is 0 Å². The normalized spacial score (nSPS) is 17.8. The second-order valence-corrected chi connectivity index (χ2v) is 4.95. The van der Waals surface area contributed by atoms with E-state index in [0.717, 1.165) is 18.9 Å². The Bertz CT molecular complexity index is 536. The van der Waals surface area contributed by atoms with Gasteiger partial charge >= 0.3 is 0 Å². The highest BCUT2D eigenvalue weighted by Crippen LogP contribution is 2.27. The average Bonchev–Trinajstić information content (AvgIpc) is 2.68. The fourth-order valence-electron chi connectivity index (χ4n) is 2.90. The molecule has 1 saturated heterocycles. The molecular formula is C14H19N3. The summed E-state index contributed by atoms with van der Waals surface area (Å²) >= 11 is 0. The molecule has 3 rings (SSSR count). The van der Waals surface area contributed by atoms with E-state index in [9.17, 15) is 0 Å². The van der Waals surface area contributed by atoms with Crippen LogP contribution in [0.2, 0.25) is 0 Å². The molecule has 0 saturated carbocycles. The van der Waals surface area contributed by atoms with Crippen LogP contribution in [0.1, 0.15) is 30.3 Å². The third-order valence-corrected chi connectivity index (χ3v) is 3.77. The average molecular weight is 229 g/mol. The highest BCUT2D eigenvalue weighted by Gasteiger charge is 2.19. The van der Waals surface area contributed by atoms with Gasteiger partial charge in [-0.1, -0.05) is 12.1 Å². The lowest BCUT2D eigenvalue weighted by Crippen LogP contribution is -2.29. The number of rotatable bonds is 1. The summed E-state index contributed by atoms with van der Waals surface area (Å²) in [5.41, 5.74) is 3.75. The molecule has 90 valence electrons. The Morgan fingerprint density at radius 3 is 2.76 bits per heavy atom. The Kier molecular flexibility index (Phi) is 2.63. The van der Waals surface area contributed by atoms with E-state index in [1.165, 1.54) is 29.4 Å². The predicted molar refractivity (Wildman–Crippen MR) is 70.3 cm³/mol. The molecule has 0 radical (unpaired) electrons. The van der Waals surface area contributed by atoms with Crippen molar-refractivity contribution in [2.75, 3.05) is 13.1 Å². The zero-order chi connectivity index (χ0) is 11.8. The zero-order valence-electron chi connectivity index (χ0n) is 10.5. The van der Waals surface area contributed by atoms with Gasteiger partial charge < -0.3 is 9.88 Å². The highest BCUT2D eigenvalue weighted by molar-refractivity contribution is 5.79. The summed E-state index contributed by atoms with van der Waals surface area (Å²) in [6, 6.07) is 7.09. The van der Waals surface area contributed by atoms with Crippen LogP contribution in [0.3, 0.4) is 0 Å². The van der Waals surface area contributed by atoms with Gasteiger partial charge in [0.25, 0.3) is 0 Å². The van der Waals surface area contributed by atoms with Gasteiger partial charge in [-0.3, -0.25) is 0 Å². The summed E-state index contributed by atoms with van der Waals surface area (Å²) < 4.78 is 2.43. The number of hydrogen-bond acceptors (Lipinski definition) is 2. The van der Waals surface area contributed by atoms with Crippen molar-refractivity contribution in [3.63, 3.8) is 0 Å². The Hall–Kier alpha value is -1.35. The van der Waals surface area contributed by atoms with E-state index >= 15 is 0 Å². The van der Waals surface area contributed by atoms with Crippen LogP contribution >= 0.6 is 0 Å². The van der Waals surface area contributed by atoms with E-state index in [4.69, 9.17) is 4.98 Å². The van der Waals surface area contributed by atoms with Crippen molar-refractivity contribution in [1.82, 2.24) is 14.9 Å². The lowest BCUT2D eigenvalue weighted by molar-refractivity contribution is 0.370. The maximum atomic E-state index is 4.73. The van der Waals surface area contributed by atoms with Gasteiger partial charge in [0.2, 0.25) is 0 Å². The number of aryl methyl sites for hydroxylation is 2. The monoisotopic (exact) mass is 229 g/mol. The molecule has 1 fully saturated rings. The molecule has 1 aliphatic heterocycles. The van der Waals surface area contributed by atoms with Crippen LogP contribution < -0.4 is 5.32 Å². The molecule has 1 aromatic heterocycles. The van der Waals surface area contributed by atoms with Crippen molar-refractivity contribution in [2.45, 2.75) is 32.7 Å². The zero-order valence-corrected chi connectivity index (χ0v) is 10.5. The topological polar surface area (TPSA) is 29.9 Å². The Morgan fingerprint density at radius 2 is 2.00 bits per heavy atom. The second-order valence-electron chi connectivity index (χ2n) is 4.95. The first kappa shape index (κ1) is 10.8. The number of piperidine rings is 1. The van der Waals surface area contributed by atoms with Crippen LogP contribution in [-0.2, 0) is 0 Å². The summed E-state index contributed by atoms with van der Waals surface area (Å²) in [6.07, 6.45) is 2.42. The van der Waals surface area contributed by atoms with Crippen LogP contribution in [0.5, 0.6) is 0 Å². The van der Waals surface area contributed by atoms with Crippen LogP contribution in [0.4, 0.5) is 0 Å². The molecular weight excluding hydrogens is 210 g/mol. The SMILES string of the molecule is Cc1cccc2c1nc(C)n2C1CCNCC1. The Morgan fingerprint density at radius 1 is 1.24 bits per heavy atom. The van der Waals surface area contributed by atoms with E-state index in [2.05, 4.69) is 41.9 Å². The molecule has 3 nitrogen and oxygen atoms in total. The molecule has 0 aliphatic carbocycles. The molecule has 3 heteroatoms. The Balaban J connectivity index is 2.14. The molecule has 0 amide bonds. The molecule has 1 N–H and O–H groups in total. The summed E-state index contributed by atoms with van der Waals surface area (Å²) in [5.74, 6) is 1.15. The van der Waals surface area contributed by atoms with E-state index in [0.29, 0.717) is 6.04 Å². The summed E-state index contributed by atoms with van der Waals surface area (Å²) in [6.45, 7) is 6.51. The lowest BCUT2D eigenvalue weighted by atomic mass is 10.1. The first-order chi connectivity index (χ1) is 8.27. The van der Waals surface area contributed by atoms with Gasteiger partial charge in [0, 0.05) is 6.04 Å². The van der Waals surface area contributed by atoms with Crippen molar-refractivity contribution in [3.8, 4) is 0 Å². The maximum Gasteiger partial charge on any atom is 0.106 e. The fourth-order valence-corrected chi connectivity index (χ4v) is 2.90. The van der Waals surface area contributed by atoms with Crippen LogP contribution in [0.25, 0.3) is 11.0 Å². The highest BCUT2D eigenvalue weighted by atomic mass is 15.1. The quantitative estimate of drug-likeness (QED) is 0.814. The van der Waals surface area contributed by atoms with Crippen LogP contribution in [-0.4, -0.2) is 22.6 Å². The van der Waals surface area contributed by atoms with Gasteiger partial charge in [-0.2, -0.15) is 0 Å². The number of benzene rings is 1. The Labute approximate surface area is 102 Å². The van der Waals surface area contributed by atoms with Gasteiger partial charge in [0.05, 0.1) is 11.0 Å². The van der Waals surface area contributed by atoms with Gasteiger partial charge in [-0.15, -0.1) is 0 Å². The molecule has 0 bridgehead atoms. The van der Waals surface area contributed by atoms with Crippen LogP contribution in [0.15, 0.2) is 18.2 Å². The molecule has 2 heterocycles. The molecule has 1 aromatic carbocycles. The first-order valence-electron chi connectivity index (χ1n) is 6.42.